The van der Waals surface area contributed by atoms with Crippen LogP contribution in [0.15, 0.2) is 0 Å². The Labute approximate surface area is 117 Å². The van der Waals surface area contributed by atoms with E-state index in [1.807, 2.05) is 0 Å². The second kappa shape index (κ2) is 6.74. The predicted octanol–water partition coefficient (Wildman–Crippen LogP) is 2.85. The number of carbonyl (C=O) groups is 1. The quantitative estimate of drug-likeness (QED) is 0.803. The molecule has 1 aliphatic carbocycles. The highest BCUT2D eigenvalue weighted by molar-refractivity contribution is 5.82. The van der Waals surface area contributed by atoms with Gasteiger partial charge in [0, 0.05) is 12.1 Å². The molecule has 0 bridgehead atoms. The van der Waals surface area contributed by atoms with Crippen LogP contribution in [0.5, 0.6) is 0 Å². The summed E-state index contributed by atoms with van der Waals surface area (Å²) in [7, 11) is 0. The highest BCUT2D eigenvalue weighted by atomic mass is 16.2. The second-order valence-electron chi connectivity index (χ2n) is 6.48. The summed E-state index contributed by atoms with van der Waals surface area (Å²) in [5.74, 6) is 1.58. The van der Waals surface area contributed by atoms with Crippen LogP contribution in [-0.4, -0.2) is 24.0 Å². The maximum absolute atomic E-state index is 12.4. The SMILES string of the molecule is CCC(CC)C(C)NC(=O)C1CC2CCCCC2N1. The molecule has 2 aliphatic rings. The van der Waals surface area contributed by atoms with Gasteiger partial charge in [-0.3, -0.25) is 4.79 Å². The molecular formula is C16H30N2O. The molecule has 0 spiro atoms. The Morgan fingerprint density at radius 3 is 2.58 bits per heavy atom. The standard InChI is InChI=1S/C16H30N2O/c1-4-12(5-2)11(3)17-16(19)15-10-13-8-6-7-9-14(13)18-15/h11-15,18H,4-10H2,1-3H3,(H,17,19). The molecule has 2 fully saturated rings. The van der Waals surface area contributed by atoms with Crippen LogP contribution in [-0.2, 0) is 4.79 Å². The molecule has 3 nitrogen and oxygen atoms in total. The van der Waals surface area contributed by atoms with E-state index in [-0.39, 0.29) is 11.9 Å². The van der Waals surface area contributed by atoms with E-state index in [0.717, 1.165) is 25.2 Å². The first-order chi connectivity index (χ1) is 9.15. The third kappa shape index (κ3) is 3.50. The van der Waals surface area contributed by atoms with Gasteiger partial charge >= 0.3 is 0 Å². The van der Waals surface area contributed by atoms with Crippen LogP contribution in [0.1, 0.15) is 65.7 Å². The molecule has 0 aromatic heterocycles. The fraction of sp³-hybridized carbons (Fsp3) is 0.938. The van der Waals surface area contributed by atoms with Gasteiger partial charge in [-0.2, -0.15) is 0 Å². The summed E-state index contributed by atoms with van der Waals surface area (Å²) < 4.78 is 0. The molecule has 4 atom stereocenters. The van der Waals surface area contributed by atoms with Gasteiger partial charge < -0.3 is 10.6 Å². The van der Waals surface area contributed by atoms with Crippen molar-refractivity contribution in [3.8, 4) is 0 Å². The minimum Gasteiger partial charge on any atom is -0.352 e. The van der Waals surface area contributed by atoms with Crippen LogP contribution < -0.4 is 10.6 Å². The molecule has 0 aromatic rings. The normalized spacial score (nSPS) is 32.1. The molecule has 1 aliphatic heterocycles. The first-order valence-electron chi connectivity index (χ1n) is 8.22. The number of amides is 1. The molecule has 0 aromatic carbocycles. The van der Waals surface area contributed by atoms with Gasteiger partial charge in [0.05, 0.1) is 6.04 Å². The van der Waals surface area contributed by atoms with E-state index in [9.17, 15) is 4.79 Å². The van der Waals surface area contributed by atoms with Gasteiger partial charge in [-0.05, 0) is 38.0 Å². The van der Waals surface area contributed by atoms with Crippen LogP contribution in [0, 0.1) is 11.8 Å². The lowest BCUT2D eigenvalue weighted by Crippen LogP contribution is -2.47. The third-order valence-electron chi connectivity index (χ3n) is 5.31. The first kappa shape index (κ1) is 14.8. The van der Waals surface area contributed by atoms with Crippen LogP contribution in [0.4, 0.5) is 0 Å². The molecule has 2 N–H and O–H groups in total. The molecule has 4 unspecified atom stereocenters. The second-order valence-corrected chi connectivity index (χ2v) is 6.48. The summed E-state index contributed by atoms with van der Waals surface area (Å²) in [6, 6.07) is 0.963. The van der Waals surface area contributed by atoms with Crippen LogP contribution >= 0.6 is 0 Å². The van der Waals surface area contributed by atoms with Crippen molar-refractivity contribution in [1.29, 1.82) is 0 Å². The van der Waals surface area contributed by atoms with Gasteiger partial charge in [0.1, 0.15) is 0 Å². The molecule has 3 heteroatoms. The number of hydrogen-bond donors (Lipinski definition) is 2. The van der Waals surface area contributed by atoms with Crippen molar-refractivity contribution in [2.24, 2.45) is 11.8 Å². The summed E-state index contributed by atoms with van der Waals surface area (Å²) in [6.07, 6.45) is 8.57. The van der Waals surface area contributed by atoms with E-state index >= 15 is 0 Å². The van der Waals surface area contributed by atoms with E-state index in [2.05, 4.69) is 31.4 Å². The van der Waals surface area contributed by atoms with E-state index in [4.69, 9.17) is 0 Å². The molecule has 1 saturated carbocycles. The number of nitrogens with one attached hydrogen (secondary N) is 2. The van der Waals surface area contributed by atoms with Gasteiger partial charge in [-0.25, -0.2) is 0 Å². The van der Waals surface area contributed by atoms with E-state index in [0.29, 0.717) is 18.0 Å². The van der Waals surface area contributed by atoms with Gasteiger partial charge in [0.25, 0.3) is 0 Å². The molecule has 2 rings (SSSR count). The van der Waals surface area contributed by atoms with E-state index in [1.165, 1.54) is 25.7 Å². The Balaban J connectivity index is 1.83. The molecule has 0 radical (unpaired) electrons. The zero-order valence-electron chi connectivity index (χ0n) is 12.7. The Hall–Kier alpha value is -0.570. The highest BCUT2D eigenvalue weighted by Gasteiger charge is 2.38. The summed E-state index contributed by atoms with van der Waals surface area (Å²) in [5.41, 5.74) is 0. The summed E-state index contributed by atoms with van der Waals surface area (Å²) in [6.45, 7) is 6.57. The monoisotopic (exact) mass is 266 g/mol. The topological polar surface area (TPSA) is 41.1 Å². The third-order valence-corrected chi connectivity index (χ3v) is 5.31. The van der Waals surface area contributed by atoms with Crippen LogP contribution in [0.25, 0.3) is 0 Å². The van der Waals surface area contributed by atoms with Crippen molar-refractivity contribution >= 4 is 5.91 Å². The van der Waals surface area contributed by atoms with Gasteiger partial charge in [0.2, 0.25) is 5.91 Å². The number of rotatable bonds is 5. The molecule has 1 amide bonds. The average molecular weight is 266 g/mol. The number of carbonyl (C=O) groups excluding carboxylic acids is 1. The smallest absolute Gasteiger partial charge is 0.237 e. The Kier molecular flexibility index (Phi) is 5.26. The Morgan fingerprint density at radius 1 is 1.26 bits per heavy atom. The Morgan fingerprint density at radius 2 is 1.95 bits per heavy atom. The summed E-state index contributed by atoms with van der Waals surface area (Å²) in [4.78, 5) is 12.4. The van der Waals surface area contributed by atoms with Crippen molar-refractivity contribution in [2.45, 2.75) is 83.8 Å². The number of hydrogen-bond acceptors (Lipinski definition) is 2. The van der Waals surface area contributed by atoms with Gasteiger partial charge in [-0.1, -0.05) is 39.5 Å². The van der Waals surface area contributed by atoms with Crippen molar-refractivity contribution in [3.05, 3.63) is 0 Å². The molecule has 110 valence electrons. The van der Waals surface area contributed by atoms with E-state index < -0.39 is 0 Å². The van der Waals surface area contributed by atoms with Crippen molar-refractivity contribution in [2.75, 3.05) is 0 Å². The highest BCUT2D eigenvalue weighted by Crippen LogP contribution is 2.33. The lowest BCUT2D eigenvalue weighted by atomic mass is 9.85. The summed E-state index contributed by atoms with van der Waals surface area (Å²) >= 11 is 0. The summed E-state index contributed by atoms with van der Waals surface area (Å²) in [5, 5.41) is 6.79. The minimum absolute atomic E-state index is 0.0601. The molecule has 1 saturated heterocycles. The zero-order valence-corrected chi connectivity index (χ0v) is 12.7. The predicted molar refractivity (Wildman–Crippen MR) is 79.0 cm³/mol. The first-order valence-corrected chi connectivity index (χ1v) is 8.22. The molecule has 1 heterocycles. The van der Waals surface area contributed by atoms with Crippen molar-refractivity contribution < 1.29 is 4.79 Å². The average Bonchev–Trinajstić information content (AvgIpc) is 2.84. The van der Waals surface area contributed by atoms with Crippen LogP contribution in [0.3, 0.4) is 0 Å². The lowest BCUT2D eigenvalue weighted by molar-refractivity contribution is -0.123. The van der Waals surface area contributed by atoms with Crippen molar-refractivity contribution in [1.82, 2.24) is 10.6 Å². The maximum Gasteiger partial charge on any atom is 0.237 e. The molecular weight excluding hydrogens is 236 g/mol. The fourth-order valence-corrected chi connectivity index (χ4v) is 3.96. The van der Waals surface area contributed by atoms with Crippen molar-refractivity contribution in [3.63, 3.8) is 0 Å². The lowest BCUT2D eigenvalue weighted by Gasteiger charge is -2.25. The largest absolute Gasteiger partial charge is 0.352 e. The van der Waals surface area contributed by atoms with Gasteiger partial charge in [0.15, 0.2) is 0 Å². The molecule has 19 heavy (non-hydrogen) atoms. The zero-order chi connectivity index (χ0) is 13.8. The number of fused-ring (bicyclic) bond motifs is 1. The van der Waals surface area contributed by atoms with E-state index in [1.54, 1.807) is 0 Å². The van der Waals surface area contributed by atoms with Crippen LogP contribution in [0.2, 0.25) is 0 Å². The fourth-order valence-electron chi connectivity index (χ4n) is 3.96. The minimum atomic E-state index is 0.0601. The Bertz CT molecular complexity index is 287. The van der Waals surface area contributed by atoms with Gasteiger partial charge in [-0.15, -0.1) is 0 Å². The maximum atomic E-state index is 12.4.